The summed E-state index contributed by atoms with van der Waals surface area (Å²) in [7, 11) is 1.10. The van der Waals surface area contributed by atoms with Crippen molar-refractivity contribution in [3.05, 3.63) is 18.0 Å². The molecule has 0 unspecified atom stereocenters. The van der Waals surface area contributed by atoms with E-state index in [0.717, 1.165) is 19.4 Å². The van der Waals surface area contributed by atoms with Crippen molar-refractivity contribution in [2.24, 2.45) is 0 Å². The van der Waals surface area contributed by atoms with Gasteiger partial charge in [-0.3, -0.25) is 0 Å². The SMILES string of the molecule is CCOC(=O)c1nccc(OC(F)(F)F)c1OC. The summed E-state index contributed by atoms with van der Waals surface area (Å²) in [5.41, 5.74) is -0.374. The Balaban J connectivity index is 3.14. The van der Waals surface area contributed by atoms with Gasteiger partial charge >= 0.3 is 12.3 Å². The summed E-state index contributed by atoms with van der Waals surface area (Å²) in [4.78, 5) is 15.1. The van der Waals surface area contributed by atoms with E-state index in [-0.39, 0.29) is 12.3 Å². The van der Waals surface area contributed by atoms with Crippen LogP contribution < -0.4 is 9.47 Å². The summed E-state index contributed by atoms with van der Waals surface area (Å²) in [6.45, 7) is 1.62. The lowest BCUT2D eigenvalue weighted by atomic mass is 10.3. The molecule has 0 radical (unpaired) electrons. The van der Waals surface area contributed by atoms with Gasteiger partial charge in [0.25, 0.3) is 0 Å². The number of pyridine rings is 1. The maximum absolute atomic E-state index is 12.1. The van der Waals surface area contributed by atoms with Crippen molar-refractivity contribution >= 4 is 5.97 Å². The number of rotatable bonds is 4. The molecule has 0 aliphatic heterocycles. The first-order valence-corrected chi connectivity index (χ1v) is 4.85. The molecule has 18 heavy (non-hydrogen) atoms. The summed E-state index contributed by atoms with van der Waals surface area (Å²) in [5.74, 6) is -1.96. The zero-order valence-electron chi connectivity index (χ0n) is 9.58. The van der Waals surface area contributed by atoms with Crippen LogP contribution in [0.15, 0.2) is 12.3 Å². The second kappa shape index (κ2) is 5.56. The van der Waals surface area contributed by atoms with E-state index in [1.54, 1.807) is 6.92 Å². The van der Waals surface area contributed by atoms with Crippen molar-refractivity contribution in [3.63, 3.8) is 0 Å². The zero-order valence-corrected chi connectivity index (χ0v) is 9.58. The Labute approximate surface area is 100 Å². The molecule has 0 N–H and O–H groups in total. The Kier molecular flexibility index (Phi) is 4.35. The van der Waals surface area contributed by atoms with Gasteiger partial charge in [0.15, 0.2) is 17.2 Å². The predicted molar refractivity (Wildman–Crippen MR) is 53.4 cm³/mol. The van der Waals surface area contributed by atoms with Crippen molar-refractivity contribution in [2.75, 3.05) is 13.7 Å². The monoisotopic (exact) mass is 265 g/mol. The number of aromatic nitrogens is 1. The second-order valence-corrected chi connectivity index (χ2v) is 2.96. The lowest BCUT2D eigenvalue weighted by molar-refractivity contribution is -0.275. The Hall–Kier alpha value is -1.99. The average molecular weight is 265 g/mol. The minimum Gasteiger partial charge on any atom is -0.491 e. The first kappa shape index (κ1) is 14.1. The van der Waals surface area contributed by atoms with E-state index < -0.39 is 23.8 Å². The maximum Gasteiger partial charge on any atom is 0.573 e. The molecule has 0 saturated heterocycles. The van der Waals surface area contributed by atoms with Crippen molar-refractivity contribution in [1.29, 1.82) is 0 Å². The minimum absolute atomic E-state index is 0.0635. The van der Waals surface area contributed by atoms with E-state index in [0.29, 0.717) is 0 Å². The van der Waals surface area contributed by atoms with Gasteiger partial charge in [-0.25, -0.2) is 9.78 Å². The van der Waals surface area contributed by atoms with Crippen LogP contribution in [-0.2, 0) is 4.74 Å². The minimum atomic E-state index is -4.89. The van der Waals surface area contributed by atoms with Crippen molar-refractivity contribution < 1.29 is 32.2 Å². The van der Waals surface area contributed by atoms with Crippen LogP contribution in [0.25, 0.3) is 0 Å². The van der Waals surface area contributed by atoms with E-state index >= 15 is 0 Å². The summed E-state index contributed by atoms with van der Waals surface area (Å²) in [6, 6.07) is 0.940. The molecule has 0 spiro atoms. The van der Waals surface area contributed by atoms with Gasteiger partial charge in [0, 0.05) is 12.3 Å². The molecule has 5 nitrogen and oxygen atoms in total. The number of ether oxygens (including phenoxy) is 3. The third-order valence-corrected chi connectivity index (χ3v) is 1.77. The zero-order chi connectivity index (χ0) is 13.8. The van der Waals surface area contributed by atoms with Gasteiger partial charge in [-0.05, 0) is 6.92 Å². The smallest absolute Gasteiger partial charge is 0.491 e. The highest BCUT2D eigenvalue weighted by Gasteiger charge is 2.34. The van der Waals surface area contributed by atoms with E-state index in [9.17, 15) is 18.0 Å². The second-order valence-electron chi connectivity index (χ2n) is 2.96. The van der Waals surface area contributed by atoms with Gasteiger partial charge in [0.2, 0.25) is 0 Å². The molecule has 1 heterocycles. The summed E-state index contributed by atoms with van der Waals surface area (Å²) in [6.07, 6.45) is -3.89. The van der Waals surface area contributed by atoms with Gasteiger partial charge in [0.05, 0.1) is 13.7 Å². The molecule has 0 aliphatic rings. The number of esters is 1. The Morgan fingerprint density at radius 3 is 2.61 bits per heavy atom. The van der Waals surface area contributed by atoms with Crippen LogP contribution in [0.4, 0.5) is 13.2 Å². The van der Waals surface area contributed by atoms with E-state index in [4.69, 9.17) is 4.74 Å². The first-order chi connectivity index (χ1) is 8.39. The van der Waals surface area contributed by atoms with Crippen LogP contribution >= 0.6 is 0 Å². The third kappa shape index (κ3) is 3.51. The number of nitrogens with zero attached hydrogens (tertiary/aromatic N) is 1. The quantitative estimate of drug-likeness (QED) is 0.781. The molecule has 0 saturated carbocycles. The Morgan fingerprint density at radius 1 is 1.44 bits per heavy atom. The maximum atomic E-state index is 12.1. The molecule has 1 rings (SSSR count). The summed E-state index contributed by atoms with van der Waals surface area (Å²) >= 11 is 0. The van der Waals surface area contributed by atoms with Crippen LogP contribution in [0.2, 0.25) is 0 Å². The van der Waals surface area contributed by atoms with Crippen molar-refractivity contribution in [1.82, 2.24) is 4.98 Å². The van der Waals surface area contributed by atoms with Gasteiger partial charge in [-0.15, -0.1) is 13.2 Å². The Bertz CT molecular complexity index is 434. The fourth-order valence-corrected chi connectivity index (χ4v) is 1.18. The van der Waals surface area contributed by atoms with E-state index in [1.165, 1.54) is 0 Å². The molecule has 100 valence electrons. The number of methoxy groups -OCH3 is 1. The fraction of sp³-hybridized carbons (Fsp3) is 0.400. The molecular formula is C10H10F3NO4. The summed E-state index contributed by atoms with van der Waals surface area (Å²) in [5, 5.41) is 0. The number of hydrogen-bond acceptors (Lipinski definition) is 5. The molecule has 0 bridgehead atoms. The fourth-order valence-electron chi connectivity index (χ4n) is 1.18. The van der Waals surface area contributed by atoms with Gasteiger partial charge in [0.1, 0.15) is 0 Å². The predicted octanol–water partition coefficient (Wildman–Crippen LogP) is 2.17. The molecule has 0 atom stereocenters. The number of halogens is 3. The topological polar surface area (TPSA) is 57.7 Å². The van der Waals surface area contributed by atoms with Crippen LogP contribution in [0.1, 0.15) is 17.4 Å². The highest BCUT2D eigenvalue weighted by atomic mass is 19.4. The lowest BCUT2D eigenvalue weighted by Crippen LogP contribution is -2.19. The highest BCUT2D eigenvalue weighted by Crippen LogP contribution is 2.33. The highest BCUT2D eigenvalue weighted by molar-refractivity contribution is 5.91. The third-order valence-electron chi connectivity index (χ3n) is 1.77. The molecule has 8 heteroatoms. The van der Waals surface area contributed by atoms with Gasteiger partial charge < -0.3 is 14.2 Å². The summed E-state index contributed by atoms with van der Waals surface area (Å²) < 4.78 is 49.4. The molecule has 1 aromatic heterocycles. The molecule has 0 fully saturated rings. The number of alkyl halides is 3. The number of carbonyl (C=O) groups is 1. The van der Waals surface area contributed by atoms with Crippen molar-refractivity contribution in [2.45, 2.75) is 13.3 Å². The average Bonchev–Trinajstić information content (AvgIpc) is 2.27. The van der Waals surface area contributed by atoms with Gasteiger partial charge in [-0.1, -0.05) is 0 Å². The molecule has 1 aromatic rings. The largest absolute Gasteiger partial charge is 0.573 e. The van der Waals surface area contributed by atoms with Crippen LogP contribution in [0, 0.1) is 0 Å². The number of carbonyl (C=O) groups excluding carboxylic acids is 1. The molecule has 0 amide bonds. The molecule has 0 aliphatic carbocycles. The van der Waals surface area contributed by atoms with Crippen molar-refractivity contribution in [3.8, 4) is 11.5 Å². The first-order valence-electron chi connectivity index (χ1n) is 4.85. The van der Waals surface area contributed by atoms with Crippen LogP contribution in [0.5, 0.6) is 11.5 Å². The van der Waals surface area contributed by atoms with Crippen LogP contribution in [-0.4, -0.2) is 31.0 Å². The Morgan fingerprint density at radius 2 is 2.11 bits per heavy atom. The van der Waals surface area contributed by atoms with Gasteiger partial charge in [-0.2, -0.15) is 0 Å². The van der Waals surface area contributed by atoms with E-state index in [1.807, 2.05) is 0 Å². The van der Waals surface area contributed by atoms with Crippen LogP contribution in [0.3, 0.4) is 0 Å². The standard InChI is InChI=1S/C10H10F3NO4/c1-3-17-9(15)7-8(16-2)6(4-5-14-7)18-10(11,12)13/h4-5H,3H2,1-2H3. The normalized spacial score (nSPS) is 10.9. The van der Waals surface area contributed by atoms with E-state index in [2.05, 4.69) is 14.5 Å². The molecular weight excluding hydrogens is 255 g/mol. The lowest BCUT2D eigenvalue weighted by Gasteiger charge is -2.13. The number of hydrogen-bond donors (Lipinski definition) is 0. The molecule has 0 aromatic carbocycles.